The van der Waals surface area contributed by atoms with Crippen LogP contribution < -0.4 is 16.0 Å². The van der Waals surface area contributed by atoms with Crippen LogP contribution in [-0.2, 0) is 15.0 Å². The fourth-order valence-electron chi connectivity index (χ4n) is 5.29. The van der Waals surface area contributed by atoms with Crippen LogP contribution >= 0.6 is 27.5 Å². The lowest BCUT2D eigenvalue weighted by Crippen LogP contribution is -2.52. The van der Waals surface area contributed by atoms with Gasteiger partial charge in [0.1, 0.15) is 17.3 Å². The van der Waals surface area contributed by atoms with E-state index in [0.717, 1.165) is 4.47 Å². The summed E-state index contributed by atoms with van der Waals surface area (Å²) in [6.07, 6.45) is 0.775. The molecule has 1 unspecified atom stereocenters. The Kier molecular flexibility index (Phi) is 4.75. The normalized spacial score (nSPS) is 23.4. The second-order valence-electron chi connectivity index (χ2n) is 9.34. The minimum absolute atomic E-state index is 0.0443. The molecule has 3 N–H and O–H groups in total. The number of anilines is 2. The topological polar surface area (TPSA) is 99.2 Å². The summed E-state index contributed by atoms with van der Waals surface area (Å²) in [4.78, 5) is 29.2. The van der Waals surface area contributed by atoms with Crippen LogP contribution in [0.25, 0.3) is 0 Å². The third-order valence-electron chi connectivity index (χ3n) is 6.54. The van der Waals surface area contributed by atoms with Crippen molar-refractivity contribution in [2.24, 2.45) is 11.1 Å². The minimum Gasteiger partial charge on any atom is -0.384 e. The molecule has 166 valence electrons. The summed E-state index contributed by atoms with van der Waals surface area (Å²) in [7, 11) is 0. The first-order valence-corrected chi connectivity index (χ1v) is 11.6. The van der Waals surface area contributed by atoms with Gasteiger partial charge in [-0.25, -0.2) is 0 Å². The van der Waals surface area contributed by atoms with Crippen molar-refractivity contribution < 1.29 is 9.59 Å². The predicted molar refractivity (Wildman–Crippen MR) is 130 cm³/mol. The molecule has 1 amide bonds. The van der Waals surface area contributed by atoms with Gasteiger partial charge in [-0.15, -0.1) is 0 Å². The Bertz CT molecular complexity index is 1350. The average molecular weight is 524 g/mol. The molecule has 5 rings (SSSR count). The number of rotatable bonds is 1. The van der Waals surface area contributed by atoms with Crippen LogP contribution in [-0.4, -0.2) is 11.7 Å². The molecule has 0 saturated carbocycles. The van der Waals surface area contributed by atoms with E-state index in [9.17, 15) is 14.9 Å². The van der Waals surface area contributed by atoms with E-state index in [0.29, 0.717) is 39.7 Å². The molecule has 1 aliphatic carbocycles. The maximum atomic E-state index is 13.8. The van der Waals surface area contributed by atoms with Gasteiger partial charge in [0.25, 0.3) is 0 Å². The van der Waals surface area contributed by atoms with Crippen LogP contribution in [0.15, 0.2) is 69.6 Å². The van der Waals surface area contributed by atoms with Crippen molar-refractivity contribution >= 4 is 50.6 Å². The van der Waals surface area contributed by atoms with Crippen molar-refractivity contribution in [1.82, 2.24) is 0 Å². The SMILES string of the molecule is CC1(C)CC(=O)C2=C(C1)N(c1ccc(Cl)cc1)C(N)=C(C#N)C21C(=O)Nc2cc(Br)ccc21. The van der Waals surface area contributed by atoms with Gasteiger partial charge >= 0.3 is 0 Å². The van der Waals surface area contributed by atoms with Crippen LogP contribution in [0.4, 0.5) is 11.4 Å². The molecule has 0 aromatic heterocycles. The number of amides is 1. The highest BCUT2D eigenvalue weighted by atomic mass is 79.9. The highest BCUT2D eigenvalue weighted by molar-refractivity contribution is 9.10. The van der Waals surface area contributed by atoms with Crippen LogP contribution in [0.5, 0.6) is 0 Å². The second kappa shape index (κ2) is 7.21. The Morgan fingerprint density at radius 1 is 1.15 bits per heavy atom. The first kappa shape index (κ1) is 21.7. The second-order valence-corrected chi connectivity index (χ2v) is 10.7. The maximum Gasteiger partial charge on any atom is 0.245 e. The Morgan fingerprint density at radius 2 is 1.85 bits per heavy atom. The number of benzene rings is 2. The molecule has 0 bridgehead atoms. The number of carbonyl (C=O) groups excluding carboxylic acids is 2. The Hall–Kier alpha value is -3.08. The number of Topliss-reactive ketones (excluding diaryl/α,β-unsaturated/α-hetero) is 1. The highest BCUT2D eigenvalue weighted by Crippen LogP contribution is 2.57. The molecule has 0 radical (unpaired) electrons. The third-order valence-corrected chi connectivity index (χ3v) is 7.29. The number of nitrogens with zero attached hydrogens (tertiary/aromatic N) is 2. The van der Waals surface area contributed by atoms with Gasteiger partial charge in [0.15, 0.2) is 5.78 Å². The van der Waals surface area contributed by atoms with Gasteiger partial charge in [0.05, 0.1) is 5.57 Å². The third kappa shape index (κ3) is 2.98. The molecule has 8 heteroatoms. The standard InChI is InChI=1S/C25H20BrClN4O2/c1-24(2)10-19-21(20(32)11-24)25(16-8-3-13(26)9-18(16)30-23(25)33)17(12-28)22(29)31(19)15-6-4-14(27)5-7-15/h3-9H,10-11,29H2,1-2H3,(H,30,33). The van der Waals surface area contributed by atoms with Crippen LogP contribution in [0, 0.1) is 16.7 Å². The van der Waals surface area contributed by atoms with Gasteiger partial charge in [-0.3, -0.25) is 14.5 Å². The Morgan fingerprint density at radius 3 is 2.52 bits per heavy atom. The van der Waals surface area contributed by atoms with E-state index in [1.165, 1.54) is 0 Å². The summed E-state index contributed by atoms with van der Waals surface area (Å²) in [5, 5.41) is 13.8. The Balaban J connectivity index is 1.89. The molecule has 0 saturated heterocycles. The van der Waals surface area contributed by atoms with E-state index in [4.69, 9.17) is 17.3 Å². The van der Waals surface area contributed by atoms with Crippen molar-refractivity contribution in [1.29, 1.82) is 5.26 Å². The summed E-state index contributed by atoms with van der Waals surface area (Å²) in [6, 6.07) is 14.6. The Labute approximate surface area is 204 Å². The number of halogens is 2. The number of carbonyl (C=O) groups is 2. The van der Waals surface area contributed by atoms with E-state index in [-0.39, 0.29) is 29.0 Å². The number of hydrogen-bond acceptors (Lipinski definition) is 5. The smallest absolute Gasteiger partial charge is 0.245 e. The lowest BCUT2D eigenvalue weighted by molar-refractivity contribution is -0.123. The molecule has 6 nitrogen and oxygen atoms in total. The molecular formula is C25H20BrClN4O2. The molecule has 3 aliphatic rings. The first-order chi connectivity index (χ1) is 15.6. The van der Waals surface area contributed by atoms with E-state index in [1.54, 1.807) is 47.4 Å². The van der Waals surface area contributed by atoms with Crippen molar-refractivity contribution in [2.75, 3.05) is 10.2 Å². The fourth-order valence-corrected chi connectivity index (χ4v) is 5.77. The van der Waals surface area contributed by atoms with Crippen molar-refractivity contribution in [3.63, 3.8) is 0 Å². The summed E-state index contributed by atoms with van der Waals surface area (Å²) in [6.45, 7) is 4.03. The number of nitrogens with one attached hydrogen (secondary N) is 1. The van der Waals surface area contributed by atoms with E-state index >= 15 is 0 Å². The molecule has 2 heterocycles. The van der Waals surface area contributed by atoms with Gasteiger partial charge in [0, 0.05) is 44.1 Å². The zero-order chi connectivity index (χ0) is 23.7. The van der Waals surface area contributed by atoms with Crippen LogP contribution in [0.3, 0.4) is 0 Å². The highest BCUT2D eigenvalue weighted by Gasteiger charge is 2.61. The zero-order valence-electron chi connectivity index (χ0n) is 18.0. The summed E-state index contributed by atoms with van der Waals surface area (Å²) in [5.74, 6) is -0.465. The minimum atomic E-state index is -1.58. The predicted octanol–water partition coefficient (Wildman–Crippen LogP) is 5.15. The average Bonchev–Trinajstić information content (AvgIpc) is 3.00. The van der Waals surface area contributed by atoms with E-state index in [1.807, 2.05) is 13.8 Å². The summed E-state index contributed by atoms with van der Waals surface area (Å²) in [5.41, 5.74) is 7.53. The van der Waals surface area contributed by atoms with Crippen LogP contribution in [0.1, 0.15) is 32.3 Å². The molecule has 2 aromatic rings. The zero-order valence-corrected chi connectivity index (χ0v) is 20.3. The van der Waals surface area contributed by atoms with Gasteiger partial charge in [-0.1, -0.05) is 47.4 Å². The fraction of sp³-hybridized carbons (Fsp3) is 0.240. The largest absolute Gasteiger partial charge is 0.384 e. The number of ketones is 1. The lowest BCUT2D eigenvalue weighted by Gasteiger charge is -2.46. The molecule has 33 heavy (non-hydrogen) atoms. The first-order valence-electron chi connectivity index (χ1n) is 10.4. The van der Waals surface area contributed by atoms with Crippen LogP contribution in [0.2, 0.25) is 5.02 Å². The van der Waals surface area contributed by atoms with Crippen molar-refractivity contribution in [3.05, 3.63) is 80.2 Å². The number of hydrogen-bond donors (Lipinski definition) is 2. The molecular weight excluding hydrogens is 504 g/mol. The quantitative estimate of drug-likeness (QED) is 0.539. The van der Waals surface area contributed by atoms with Crippen molar-refractivity contribution in [2.45, 2.75) is 32.1 Å². The van der Waals surface area contributed by atoms with Crippen molar-refractivity contribution in [3.8, 4) is 6.07 Å². The van der Waals surface area contributed by atoms with Gasteiger partial charge in [-0.2, -0.15) is 5.26 Å². The molecule has 1 spiro atoms. The van der Waals surface area contributed by atoms with Gasteiger partial charge in [-0.05, 0) is 48.2 Å². The number of allylic oxidation sites excluding steroid dienone is 1. The molecule has 0 fully saturated rings. The van der Waals surface area contributed by atoms with Gasteiger partial charge in [0.2, 0.25) is 5.91 Å². The maximum absolute atomic E-state index is 13.8. The number of fused-ring (bicyclic) bond motifs is 3. The van der Waals surface area contributed by atoms with E-state index < -0.39 is 11.3 Å². The lowest BCUT2D eigenvalue weighted by atomic mass is 9.61. The summed E-state index contributed by atoms with van der Waals surface area (Å²) < 4.78 is 0.776. The number of nitrogens with two attached hydrogens (primary N) is 1. The number of nitriles is 1. The molecule has 1 atom stereocenters. The summed E-state index contributed by atoms with van der Waals surface area (Å²) >= 11 is 9.53. The van der Waals surface area contributed by atoms with E-state index in [2.05, 4.69) is 27.3 Å². The molecule has 2 aliphatic heterocycles. The monoisotopic (exact) mass is 522 g/mol. The molecule has 2 aromatic carbocycles. The van der Waals surface area contributed by atoms with Gasteiger partial charge < -0.3 is 11.1 Å².